The molecule has 1 fully saturated rings. The van der Waals surface area contributed by atoms with Gasteiger partial charge >= 0.3 is 0 Å². The summed E-state index contributed by atoms with van der Waals surface area (Å²) >= 11 is 11.8. The Morgan fingerprint density at radius 1 is 1.27 bits per heavy atom. The number of hydrogen-bond donors (Lipinski definition) is 1. The number of sulfonamides is 1. The van der Waals surface area contributed by atoms with Crippen LogP contribution in [0.4, 0.5) is 0 Å². The lowest BCUT2D eigenvalue weighted by atomic mass is 9.99. The minimum atomic E-state index is -3.61. The minimum Gasteiger partial charge on any atom is -0.303 e. The largest absolute Gasteiger partial charge is 0.303 e. The average molecular weight is 365 g/mol. The van der Waals surface area contributed by atoms with Crippen molar-refractivity contribution in [3.8, 4) is 0 Å². The van der Waals surface area contributed by atoms with E-state index in [2.05, 4.69) is 16.5 Å². The van der Waals surface area contributed by atoms with Crippen LogP contribution in [0.15, 0.2) is 23.1 Å². The topological polar surface area (TPSA) is 49.4 Å². The summed E-state index contributed by atoms with van der Waals surface area (Å²) in [4.78, 5) is 2.43. The molecule has 1 aromatic rings. The normalized spacial score (nSPS) is 17.8. The van der Waals surface area contributed by atoms with Crippen molar-refractivity contribution in [3.63, 3.8) is 0 Å². The van der Waals surface area contributed by atoms with E-state index >= 15 is 0 Å². The van der Waals surface area contributed by atoms with Crippen molar-refractivity contribution in [1.82, 2.24) is 9.62 Å². The molecule has 1 saturated heterocycles. The standard InChI is InChI=1S/C15H22Cl2N2O2S/c1-12-5-9-19(10-6-12)8-2-7-18-22(20,21)15-11-13(16)3-4-14(15)17/h3-4,11-12,18H,2,5-10H2,1H3. The van der Waals surface area contributed by atoms with Gasteiger partial charge in [0.05, 0.1) is 5.02 Å². The van der Waals surface area contributed by atoms with Crippen LogP contribution in [0.3, 0.4) is 0 Å². The van der Waals surface area contributed by atoms with E-state index in [9.17, 15) is 8.42 Å². The molecular formula is C15H22Cl2N2O2S. The van der Waals surface area contributed by atoms with Gasteiger partial charge in [0.15, 0.2) is 0 Å². The lowest BCUT2D eigenvalue weighted by molar-refractivity contribution is 0.191. The molecule has 1 N–H and O–H groups in total. The molecule has 2 rings (SSSR count). The highest BCUT2D eigenvalue weighted by atomic mass is 35.5. The van der Waals surface area contributed by atoms with Crippen LogP contribution >= 0.6 is 23.2 Å². The molecule has 0 saturated carbocycles. The Kier molecular flexibility index (Phi) is 6.53. The average Bonchev–Trinajstić information content (AvgIpc) is 2.48. The number of nitrogens with one attached hydrogen (secondary N) is 1. The second-order valence-corrected chi connectivity index (χ2v) is 8.43. The van der Waals surface area contributed by atoms with Crippen molar-refractivity contribution < 1.29 is 8.42 Å². The van der Waals surface area contributed by atoms with Crippen LogP contribution < -0.4 is 4.72 Å². The Labute approximate surface area is 142 Å². The zero-order valence-corrected chi connectivity index (χ0v) is 15.0. The fourth-order valence-electron chi connectivity index (χ4n) is 2.56. The van der Waals surface area contributed by atoms with Gasteiger partial charge in [-0.05, 0) is 63.0 Å². The van der Waals surface area contributed by atoms with E-state index in [1.54, 1.807) is 6.07 Å². The first-order valence-corrected chi connectivity index (χ1v) is 9.79. The molecule has 124 valence electrons. The molecule has 7 heteroatoms. The van der Waals surface area contributed by atoms with Crippen molar-refractivity contribution in [2.45, 2.75) is 31.1 Å². The number of rotatable bonds is 6. The first kappa shape index (κ1) is 18.0. The second-order valence-electron chi connectivity index (χ2n) is 5.85. The van der Waals surface area contributed by atoms with Crippen molar-refractivity contribution in [2.24, 2.45) is 5.92 Å². The van der Waals surface area contributed by atoms with Crippen LogP contribution in [-0.4, -0.2) is 39.5 Å². The molecule has 0 amide bonds. The first-order valence-electron chi connectivity index (χ1n) is 7.55. The molecule has 0 aromatic heterocycles. The molecule has 0 radical (unpaired) electrons. The molecule has 4 nitrogen and oxygen atoms in total. The van der Waals surface area contributed by atoms with E-state index in [1.165, 1.54) is 25.0 Å². The van der Waals surface area contributed by atoms with Crippen LogP contribution in [0.5, 0.6) is 0 Å². The van der Waals surface area contributed by atoms with Crippen molar-refractivity contribution in [1.29, 1.82) is 0 Å². The predicted molar refractivity (Wildman–Crippen MR) is 91.1 cm³/mol. The summed E-state index contributed by atoms with van der Waals surface area (Å²) in [5, 5.41) is 0.536. The smallest absolute Gasteiger partial charge is 0.242 e. The highest BCUT2D eigenvalue weighted by Gasteiger charge is 2.19. The number of benzene rings is 1. The Morgan fingerprint density at radius 2 is 1.95 bits per heavy atom. The number of piperidine rings is 1. The summed E-state index contributed by atoms with van der Waals surface area (Å²) in [7, 11) is -3.61. The van der Waals surface area contributed by atoms with Gasteiger partial charge in [-0.2, -0.15) is 0 Å². The molecule has 1 aliphatic heterocycles. The van der Waals surface area contributed by atoms with Crippen molar-refractivity contribution in [2.75, 3.05) is 26.2 Å². The highest BCUT2D eigenvalue weighted by Crippen LogP contribution is 2.24. The molecule has 1 aliphatic rings. The van der Waals surface area contributed by atoms with Crippen LogP contribution in [0.25, 0.3) is 0 Å². The maximum absolute atomic E-state index is 12.2. The third kappa shape index (κ3) is 5.10. The summed E-state index contributed by atoms with van der Waals surface area (Å²) in [6, 6.07) is 4.44. The number of nitrogens with zero attached hydrogens (tertiary/aromatic N) is 1. The highest BCUT2D eigenvalue weighted by molar-refractivity contribution is 7.89. The molecule has 1 aromatic carbocycles. The van der Waals surface area contributed by atoms with E-state index < -0.39 is 10.0 Å². The maximum Gasteiger partial charge on any atom is 0.242 e. The lowest BCUT2D eigenvalue weighted by Gasteiger charge is -2.30. The van der Waals surface area contributed by atoms with Gasteiger partial charge in [0, 0.05) is 11.6 Å². The van der Waals surface area contributed by atoms with Crippen LogP contribution in [0.2, 0.25) is 10.0 Å². The monoisotopic (exact) mass is 364 g/mol. The van der Waals surface area contributed by atoms with Crippen LogP contribution in [-0.2, 0) is 10.0 Å². The summed E-state index contributed by atoms with van der Waals surface area (Å²) < 4.78 is 27.1. The minimum absolute atomic E-state index is 0.0356. The first-order chi connectivity index (χ1) is 10.4. The zero-order valence-electron chi connectivity index (χ0n) is 12.7. The third-order valence-electron chi connectivity index (χ3n) is 4.00. The Hall–Kier alpha value is -0.330. The molecule has 0 unspecified atom stereocenters. The summed E-state index contributed by atoms with van der Waals surface area (Å²) in [5.41, 5.74) is 0. The summed E-state index contributed by atoms with van der Waals surface area (Å²) in [6.07, 6.45) is 3.24. The lowest BCUT2D eigenvalue weighted by Crippen LogP contribution is -2.35. The molecular weight excluding hydrogens is 343 g/mol. The van der Waals surface area contributed by atoms with Gasteiger partial charge in [0.2, 0.25) is 10.0 Å². The van der Waals surface area contributed by atoms with Crippen LogP contribution in [0.1, 0.15) is 26.2 Å². The molecule has 22 heavy (non-hydrogen) atoms. The van der Waals surface area contributed by atoms with Gasteiger partial charge in [-0.1, -0.05) is 30.1 Å². The number of hydrogen-bond acceptors (Lipinski definition) is 3. The van der Waals surface area contributed by atoms with Gasteiger partial charge in [0.1, 0.15) is 4.90 Å². The van der Waals surface area contributed by atoms with Gasteiger partial charge < -0.3 is 4.90 Å². The predicted octanol–water partition coefficient (Wildman–Crippen LogP) is 3.39. The fourth-order valence-corrected chi connectivity index (χ4v) is 4.39. The van der Waals surface area contributed by atoms with Crippen LogP contribution in [0, 0.1) is 5.92 Å². The second kappa shape index (κ2) is 7.97. The summed E-state index contributed by atoms with van der Waals surface area (Å²) in [5.74, 6) is 0.805. The Balaban J connectivity index is 1.82. The van der Waals surface area contributed by atoms with Gasteiger partial charge in [-0.3, -0.25) is 0 Å². The summed E-state index contributed by atoms with van der Waals surface area (Å²) in [6.45, 7) is 5.80. The maximum atomic E-state index is 12.2. The Bertz CT molecular complexity index is 600. The number of likely N-dealkylation sites (tertiary alicyclic amines) is 1. The molecule has 0 spiro atoms. The van der Waals surface area contributed by atoms with Crippen molar-refractivity contribution >= 4 is 33.2 Å². The molecule has 1 heterocycles. The van der Waals surface area contributed by atoms with E-state index in [-0.39, 0.29) is 9.92 Å². The van der Waals surface area contributed by atoms with E-state index in [1.807, 2.05) is 0 Å². The quantitative estimate of drug-likeness (QED) is 0.787. The van der Waals surface area contributed by atoms with E-state index in [0.29, 0.717) is 11.6 Å². The van der Waals surface area contributed by atoms with Gasteiger partial charge in [0.25, 0.3) is 0 Å². The number of halogens is 2. The Morgan fingerprint density at radius 3 is 2.64 bits per heavy atom. The van der Waals surface area contributed by atoms with E-state index in [0.717, 1.165) is 32.0 Å². The van der Waals surface area contributed by atoms with Gasteiger partial charge in [-0.25, -0.2) is 13.1 Å². The molecule has 0 atom stereocenters. The zero-order chi connectivity index (χ0) is 16.2. The fraction of sp³-hybridized carbons (Fsp3) is 0.600. The SMILES string of the molecule is CC1CCN(CCCNS(=O)(=O)c2cc(Cl)ccc2Cl)CC1. The molecule has 0 aliphatic carbocycles. The van der Waals surface area contributed by atoms with E-state index in [4.69, 9.17) is 23.2 Å². The molecule has 0 bridgehead atoms. The van der Waals surface area contributed by atoms with Crippen molar-refractivity contribution in [3.05, 3.63) is 28.2 Å². The third-order valence-corrected chi connectivity index (χ3v) is 6.18. The van der Waals surface area contributed by atoms with Gasteiger partial charge in [-0.15, -0.1) is 0 Å².